The molecular formula is C33H41N3O5. The van der Waals surface area contributed by atoms with Crippen LogP contribution in [0.15, 0.2) is 78.9 Å². The van der Waals surface area contributed by atoms with Crippen molar-refractivity contribution in [3.63, 3.8) is 0 Å². The van der Waals surface area contributed by atoms with Crippen molar-refractivity contribution in [1.82, 2.24) is 10.6 Å². The minimum absolute atomic E-state index is 0.0774. The number of benzene rings is 3. The van der Waals surface area contributed by atoms with Gasteiger partial charge in [-0.3, -0.25) is 4.79 Å². The van der Waals surface area contributed by atoms with Crippen LogP contribution >= 0.6 is 0 Å². The summed E-state index contributed by atoms with van der Waals surface area (Å²) in [4.78, 5) is 26.5. The van der Waals surface area contributed by atoms with E-state index in [9.17, 15) is 19.8 Å². The third-order valence-electron chi connectivity index (χ3n) is 7.33. The summed E-state index contributed by atoms with van der Waals surface area (Å²) >= 11 is 0. The highest BCUT2D eigenvalue weighted by Gasteiger charge is 2.35. The second-order valence-electron chi connectivity index (χ2n) is 11.8. The van der Waals surface area contributed by atoms with Crippen molar-refractivity contribution in [3.05, 3.63) is 101 Å². The number of nitrogens with one attached hydrogen (secondary N) is 2. The van der Waals surface area contributed by atoms with Crippen molar-refractivity contribution in [2.24, 2.45) is 5.92 Å². The molecule has 3 aromatic rings. The summed E-state index contributed by atoms with van der Waals surface area (Å²) in [6, 6.07) is 23.3. The number of aliphatic hydroxyl groups excluding tert-OH is 2. The van der Waals surface area contributed by atoms with Crippen LogP contribution in [0.25, 0.3) is 0 Å². The highest BCUT2D eigenvalue weighted by molar-refractivity contribution is 5.80. The van der Waals surface area contributed by atoms with Gasteiger partial charge >= 0.3 is 6.09 Å². The lowest BCUT2D eigenvalue weighted by Crippen LogP contribution is -2.48. The van der Waals surface area contributed by atoms with Crippen molar-refractivity contribution >= 4 is 17.7 Å². The highest BCUT2D eigenvalue weighted by Crippen LogP contribution is 2.32. The molecule has 0 bridgehead atoms. The van der Waals surface area contributed by atoms with Crippen molar-refractivity contribution in [2.45, 2.75) is 76.3 Å². The molecule has 0 aliphatic heterocycles. The van der Waals surface area contributed by atoms with Crippen LogP contribution in [-0.4, -0.2) is 46.1 Å². The van der Waals surface area contributed by atoms with Crippen molar-refractivity contribution in [3.8, 4) is 0 Å². The second-order valence-corrected chi connectivity index (χ2v) is 11.8. The fourth-order valence-electron chi connectivity index (χ4n) is 5.31. The number of nitrogens with two attached hydrogens (primary N) is 1. The average Bonchev–Trinajstić information content (AvgIpc) is 3.23. The molecule has 6 N–H and O–H groups in total. The first-order valence-electron chi connectivity index (χ1n) is 14.1. The first-order valence-corrected chi connectivity index (χ1v) is 14.1. The van der Waals surface area contributed by atoms with Gasteiger partial charge in [-0.1, -0.05) is 66.7 Å². The minimum Gasteiger partial charge on any atom is -0.444 e. The van der Waals surface area contributed by atoms with Crippen LogP contribution in [0.2, 0.25) is 0 Å². The number of rotatable bonds is 10. The third-order valence-corrected chi connectivity index (χ3v) is 7.33. The number of fused-ring (bicyclic) bond motifs is 1. The number of hydrogen-bond donors (Lipinski definition) is 5. The topological polar surface area (TPSA) is 134 Å². The van der Waals surface area contributed by atoms with E-state index in [0.29, 0.717) is 24.9 Å². The van der Waals surface area contributed by atoms with Crippen LogP contribution in [0.1, 0.15) is 55.5 Å². The Hall–Kier alpha value is -3.88. The van der Waals surface area contributed by atoms with Crippen molar-refractivity contribution in [1.29, 1.82) is 0 Å². The zero-order valence-electron chi connectivity index (χ0n) is 23.9. The summed E-state index contributed by atoms with van der Waals surface area (Å²) in [6.45, 7) is 5.33. The predicted octanol–water partition coefficient (Wildman–Crippen LogP) is 4.09. The maximum absolute atomic E-state index is 13.8. The summed E-state index contributed by atoms with van der Waals surface area (Å²) in [7, 11) is 0. The lowest BCUT2D eigenvalue weighted by molar-refractivity contribution is -0.127. The van der Waals surface area contributed by atoms with E-state index in [1.54, 1.807) is 32.9 Å². The van der Waals surface area contributed by atoms with Gasteiger partial charge < -0.3 is 31.3 Å². The largest absolute Gasteiger partial charge is 0.444 e. The molecule has 8 heteroatoms. The smallest absolute Gasteiger partial charge is 0.407 e. The maximum Gasteiger partial charge on any atom is 0.407 e. The van der Waals surface area contributed by atoms with Gasteiger partial charge in [-0.15, -0.1) is 0 Å². The first-order chi connectivity index (χ1) is 19.5. The van der Waals surface area contributed by atoms with Crippen LogP contribution < -0.4 is 16.4 Å². The van der Waals surface area contributed by atoms with Crippen LogP contribution in [-0.2, 0) is 28.8 Å². The number of carbonyl (C=O) groups excluding carboxylic acids is 2. The van der Waals surface area contributed by atoms with Gasteiger partial charge in [0.25, 0.3) is 0 Å². The number of amides is 2. The van der Waals surface area contributed by atoms with Crippen LogP contribution in [0, 0.1) is 5.92 Å². The summed E-state index contributed by atoms with van der Waals surface area (Å²) in [5.74, 6) is -0.926. The number of ether oxygens (including phenoxy) is 1. The normalized spacial score (nSPS) is 18.6. The molecule has 1 aliphatic rings. The molecule has 1 aliphatic carbocycles. The Labute approximate surface area is 241 Å². The number of anilines is 1. The van der Waals surface area contributed by atoms with Gasteiger partial charge in [0.2, 0.25) is 5.91 Å². The number of hydrogen-bond acceptors (Lipinski definition) is 6. The Bertz CT molecular complexity index is 1310. The van der Waals surface area contributed by atoms with E-state index in [0.717, 1.165) is 22.3 Å². The predicted molar refractivity (Wildman–Crippen MR) is 159 cm³/mol. The average molecular weight is 560 g/mol. The molecule has 41 heavy (non-hydrogen) atoms. The fourth-order valence-corrected chi connectivity index (χ4v) is 5.31. The summed E-state index contributed by atoms with van der Waals surface area (Å²) < 4.78 is 5.47. The molecule has 0 fully saturated rings. The van der Waals surface area contributed by atoms with Crippen LogP contribution in [0.5, 0.6) is 0 Å². The summed E-state index contributed by atoms with van der Waals surface area (Å²) in [6.07, 6.45) is -1.20. The van der Waals surface area contributed by atoms with E-state index in [1.165, 1.54) is 0 Å². The monoisotopic (exact) mass is 559 g/mol. The number of alkyl carbamates (subject to hydrolysis) is 1. The summed E-state index contributed by atoms with van der Waals surface area (Å²) in [5, 5.41) is 28.1. The van der Waals surface area contributed by atoms with E-state index in [2.05, 4.69) is 10.6 Å². The van der Waals surface area contributed by atoms with Gasteiger partial charge in [-0.25, -0.2) is 4.79 Å². The molecule has 0 saturated heterocycles. The van der Waals surface area contributed by atoms with Gasteiger partial charge in [0.05, 0.1) is 24.3 Å². The van der Waals surface area contributed by atoms with Gasteiger partial charge in [0, 0.05) is 18.0 Å². The fraction of sp³-hybridized carbons (Fsp3) is 0.394. The highest BCUT2D eigenvalue weighted by atomic mass is 16.6. The SMILES string of the molecule is CC(C)(C)OC(=O)NC(Cc1ccccc1)C(O)CC(Cc1ccc(N)cc1)C(=O)N[C@H]1c2ccccc2C[C@@H]1O. The van der Waals surface area contributed by atoms with Crippen molar-refractivity contribution < 1.29 is 24.5 Å². The Morgan fingerprint density at radius 1 is 0.951 bits per heavy atom. The molecule has 0 aromatic heterocycles. The van der Waals surface area contributed by atoms with Crippen molar-refractivity contribution in [2.75, 3.05) is 5.73 Å². The van der Waals surface area contributed by atoms with Gasteiger partial charge in [0.1, 0.15) is 5.60 Å². The molecular weight excluding hydrogens is 518 g/mol. The van der Waals surface area contributed by atoms with E-state index in [-0.39, 0.29) is 12.3 Å². The lowest BCUT2D eigenvalue weighted by Gasteiger charge is -2.29. The van der Waals surface area contributed by atoms with E-state index in [1.807, 2.05) is 66.7 Å². The number of carbonyl (C=O) groups is 2. The molecule has 2 amide bonds. The Kier molecular flexibility index (Phi) is 9.68. The summed E-state index contributed by atoms with van der Waals surface area (Å²) in [5.41, 5.74) is 9.50. The standard InChI is InChI=1S/C33H41N3O5/c1-33(2,3)41-32(40)35-27(18-21-9-5-4-6-10-21)28(37)20-24(17-22-13-15-25(34)16-14-22)31(39)36-30-26-12-8-7-11-23(26)19-29(30)38/h4-16,24,27-30,37-38H,17-20,34H2,1-3H3,(H,35,40)(H,36,39)/t24?,27?,28?,29-,30-/m0/s1. The van der Waals surface area contributed by atoms with E-state index >= 15 is 0 Å². The molecule has 0 spiro atoms. The molecule has 3 unspecified atom stereocenters. The third kappa shape index (κ3) is 8.55. The Morgan fingerprint density at radius 2 is 1.59 bits per heavy atom. The van der Waals surface area contributed by atoms with Crippen LogP contribution in [0.4, 0.5) is 10.5 Å². The first kappa shape index (κ1) is 30.1. The molecule has 0 heterocycles. The van der Waals surface area contributed by atoms with E-state index < -0.39 is 41.9 Å². The van der Waals surface area contributed by atoms with Gasteiger partial charge in [-0.2, -0.15) is 0 Å². The number of aliphatic hydroxyl groups is 2. The van der Waals surface area contributed by atoms with Gasteiger partial charge in [-0.05, 0) is 74.4 Å². The molecule has 5 atom stereocenters. The molecule has 218 valence electrons. The minimum atomic E-state index is -1.06. The molecule has 0 saturated carbocycles. The molecule has 3 aromatic carbocycles. The van der Waals surface area contributed by atoms with E-state index in [4.69, 9.17) is 10.5 Å². The molecule has 4 rings (SSSR count). The second kappa shape index (κ2) is 13.2. The Morgan fingerprint density at radius 3 is 2.27 bits per heavy atom. The van der Waals surface area contributed by atoms with Crippen LogP contribution in [0.3, 0.4) is 0 Å². The maximum atomic E-state index is 13.8. The molecule has 0 radical (unpaired) electrons. The quantitative estimate of drug-likeness (QED) is 0.238. The zero-order valence-corrected chi connectivity index (χ0v) is 23.9. The van der Waals surface area contributed by atoms with Gasteiger partial charge in [0.15, 0.2) is 0 Å². The Balaban J connectivity index is 1.56. The lowest BCUT2D eigenvalue weighted by atomic mass is 9.88. The molecule has 8 nitrogen and oxygen atoms in total. The zero-order chi connectivity index (χ0) is 29.6. The number of nitrogen functional groups attached to an aromatic ring is 1.